The molecule has 6 heteroatoms. The average Bonchev–Trinajstić information content (AvgIpc) is 2.68. The van der Waals surface area contributed by atoms with Crippen LogP contribution in [0.25, 0.3) is 11.8 Å². The van der Waals surface area contributed by atoms with Crippen molar-refractivity contribution >= 4 is 17.7 Å². The Bertz CT molecular complexity index is 620. The first kappa shape index (κ1) is 12.3. The second-order valence-corrected chi connectivity index (χ2v) is 4.04. The van der Waals surface area contributed by atoms with Crippen LogP contribution in [0.3, 0.4) is 0 Å². The molecule has 5 nitrogen and oxygen atoms in total. The lowest BCUT2D eigenvalue weighted by atomic mass is 10.2. The largest absolute Gasteiger partial charge is 0.297 e. The first-order valence-electron chi connectivity index (χ1n) is 5.20. The van der Waals surface area contributed by atoms with Crippen LogP contribution in [-0.4, -0.2) is 14.5 Å². The molecule has 1 heterocycles. The van der Waals surface area contributed by atoms with Gasteiger partial charge in [0.15, 0.2) is 5.15 Å². The molecule has 0 N–H and O–H groups in total. The number of halogens is 1. The summed E-state index contributed by atoms with van der Waals surface area (Å²) in [6.07, 6.45) is 3.73. The number of aryl methyl sites for hydroxylation is 1. The zero-order chi connectivity index (χ0) is 13.1. The molecular formula is C12H10ClN3O2. The van der Waals surface area contributed by atoms with Gasteiger partial charge in [-0.25, -0.2) is 4.98 Å². The summed E-state index contributed by atoms with van der Waals surface area (Å²) in [4.78, 5) is 13.8. The average molecular weight is 264 g/mol. The highest BCUT2D eigenvalue weighted by atomic mass is 35.5. The molecular weight excluding hydrogens is 254 g/mol. The van der Waals surface area contributed by atoms with E-state index >= 15 is 0 Å². The van der Waals surface area contributed by atoms with Gasteiger partial charge in [0.25, 0.3) is 0 Å². The topological polar surface area (TPSA) is 61.0 Å². The predicted molar refractivity (Wildman–Crippen MR) is 69.3 cm³/mol. The van der Waals surface area contributed by atoms with Crippen LogP contribution in [0.1, 0.15) is 11.3 Å². The van der Waals surface area contributed by atoms with E-state index in [1.807, 2.05) is 31.2 Å². The maximum absolute atomic E-state index is 10.4. The molecule has 0 saturated heterocycles. The molecule has 2 rings (SSSR count). The standard InChI is InChI=1S/C12H10ClN3O2/c1-9-4-2-3-5-10(9)15-8-14-12(13)11(15)6-7-16(17)18/h2-8H,1H3. The lowest BCUT2D eigenvalue weighted by Gasteiger charge is -2.08. The summed E-state index contributed by atoms with van der Waals surface area (Å²) in [5.41, 5.74) is 2.41. The maximum Gasteiger partial charge on any atom is 0.236 e. The first-order chi connectivity index (χ1) is 8.59. The number of hydrogen-bond donors (Lipinski definition) is 0. The van der Waals surface area contributed by atoms with Crippen LogP contribution >= 0.6 is 11.6 Å². The van der Waals surface area contributed by atoms with E-state index in [9.17, 15) is 10.1 Å². The number of aromatic nitrogens is 2. The smallest absolute Gasteiger partial charge is 0.236 e. The Hall–Kier alpha value is -2.14. The van der Waals surface area contributed by atoms with E-state index in [0.29, 0.717) is 5.69 Å². The number of nitrogens with zero attached hydrogens (tertiary/aromatic N) is 3. The summed E-state index contributed by atoms with van der Waals surface area (Å²) < 4.78 is 1.72. The highest BCUT2D eigenvalue weighted by Gasteiger charge is 2.10. The summed E-state index contributed by atoms with van der Waals surface area (Å²) in [7, 11) is 0. The normalized spacial score (nSPS) is 11.0. The van der Waals surface area contributed by atoms with Crippen molar-refractivity contribution in [3.63, 3.8) is 0 Å². The van der Waals surface area contributed by atoms with Gasteiger partial charge in [-0.1, -0.05) is 29.8 Å². The van der Waals surface area contributed by atoms with Crippen molar-refractivity contribution in [3.8, 4) is 5.69 Å². The molecule has 1 aromatic heterocycles. The molecule has 0 aliphatic rings. The monoisotopic (exact) mass is 263 g/mol. The van der Waals surface area contributed by atoms with Gasteiger partial charge < -0.3 is 0 Å². The number of rotatable bonds is 3. The summed E-state index contributed by atoms with van der Waals surface area (Å²) in [5.74, 6) is 0. The number of para-hydroxylation sites is 1. The zero-order valence-electron chi connectivity index (χ0n) is 9.58. The van der Waals surface area contributed by atoms with Crippen LogP contribution in [0.4, 0.5) is 0 Å². The molecule has 0 bridgehead atoms. The van der Waals surface area contributed by atoms with Gasteiger partial charge in [0.2, 0.25) is 6.20 Å². The van der Waals surface area contributed by atoms with E-state index in [1.54, 1.807) is 10.9 Å². The number of hydrogen-bond acceptors (Lipinski definition) is 3. The molecule has 0 unspecified atom stereocenters. The van der Waals surface area contributed by atoms with Crippen LogP contribution in [0.5, 0.6) is 0 Å². The van der Waals surface area contributed by atoms with Gasteiger partial charge in [0, 0.05) is 6.08 Å². The second-order valence-electron chi connectivity index (χ2n) is 3.68. The molecule has 0 atom stereocenters. The minimum Gasteiger partial charge on any atom is -0.297 e. The van der Waals surface area contributed by atoms with Gasteiger partial charge in [-0.05, 0) is 18.6 Å². The number of imidazole rings is 1. The fraction of sp³-hybridized carbons (Fsp3) is 0.0833. The van der Waals surface area contributed by atoms with E-state index in [1.165, 1.54) is 6.08 Å². The number of nitro groups is 1. The van der Waals surface area contributed by atoms with Crippen molar-refractivity contribution < 1.29 is 4.92 Å². The van der Waals surface area contributed by atoms with E-state index in [-0.39, 0.29) is 5.15 Å². The van der Waals surface area contributed by atoms with Crippen LogP contribution in [0.2, 0.25) is 5.15 Å². The Balaban J connectivity index is 2.53. The Kier molecular flexibility index (Phi) is 3.43. The molecule has 0 fully saturated rings. The lowest BCUT2D eigenvalue weighted by molar-refractivity contribution is -0.401. The third-order valence-electron chi connectivity index (χ3n) is 2.49. The molecule has 0 amide bonds. The van der Waals surface area contributed by atoms with Crippen molar-refractivity contribution in [3.05, 3.63) is 63.3 Å². The number of benzene rings is 1. The van der Waals surface area contributed by atoms with E-state index in [0.717, 1.165) is 17.5 Å². The van der Waals surface area contributed by atoms with E-state index in [4.69, 9.17) is 11.6 Å². The van der Waals surface area contributed by atoms with Crippen LogP contribution in [0, 0.1) is 17.0 Å². The van der Waals surface area contributed by atoms with Gasteiger partial charge in [0.05, 0.1) is 16.3 Å². The van der Waals surface area contributed by atoms with Crippen LogP contribution in [-0.2, 0) is 0 Å². The molecule has 0 aliphatic carbocycles. The molecule has 92 valence electrons. The summed E-state index contributed by atoms with van der Waals surface area (Å²) in [5, 5.41) is 10.6. The molecule has 0 spiro atoms. The van der Waals surface area contributed by atoms with Crippen LogP contribution in [0.15, 0.2) is 36.8 Å². The highest BCUT2D eigenvalue weighted by molar-refractivity contribution is 6.30. The third-order valence-corrected chi connectivity index (χ3v) is 2.78. The van der Waals surface area contributed by atoms with Crippen molar-refractivity contribution in [1.82, 2.24) is 9.55 Å². The summed E-state index contributed by atoms with van der Waals surface area (Å²) in [6.45, 7) is 1.95. The van der Waals surface area contributed by atoms with Gasteiger partial charge in [0.1, 0.15) is 6.33 Å². The Morgan fingerprint density at radius 1 is 1.44 bits per heavy atom. The van der Waals surface area contributed by atoms with Crippen molar-refractivity contribution in [2.75, 3.05) is 0 Å². The van der Waals surface area contributed by atoms with E-state index in [2.05, 4.69) is 4.98 Å². The summed E-state index contributed by atoms with van der Waals surface area (Å²) >= 11 is 5.92. The lowest BCUT2D eigenvalue weighted by Crippen LogP contribution is -1.98. The Morgan fingerprint density at radius 3 is 2.83 bits per heavy atom. The van der Waals surface area contributed by atoms with Crippen molar-refractivity contribution in [2.24, 2.45) is 0 Å². The second kappa shape index (κ2) is 5.01. The predicted octanol–water partition coefficient (Wildman–Crippen LogP) is 3.08. The molecule has 2 aromatic rings. The fourth-order valence-corrected chi connectivity index (χ4v) is 1.84. The Morgan fingerprint density at radius 2 is 2.17 bits per heavy atom. The van der Waals surface area contributed by atoms with Crippen LogP contribution < -0.4 is 0 Å². The summed E-state index contributed by atoms with van der Waals surface area (Å²) in [6, 6.07) is 7.65. The molecule has 0 saturated carbocycles. The molecule has 0 aliphatic heterocycles. The maximum atomic E-state index is 10.4. The minimum absolute atomic E-state index is 0.233. The van der Waals surface area contributed by atoms with Crippen molar-refractivity contribution in [1.29, 1.82) is 0 Å². The molecule has 0 radical (unpaired) electrons. The zero-order valence-corrected chi connectivity index (χ0v) is 10.3. The Labute approximate surface area is 108 Å². The first-order valence-corrected chi connectivity index (χ1v) is 5.58. The molecule has 1 aromatic carbocycles. The minimum atomic E-state index is -0.536. The fourth-order valence-electron chi connectivity index (χ4n) is 1.64. The van der Waals surface area contributed by atoms with Gasteiger partial charge in [-0.2, -0.15) is 0 Å². The molecule has 18 heavy (non-hydrogen) atoms. The van der Waals surface area contributed by atoms with Gasteiger partial charge >= 0.3 is 0 Å². The van der Waals surface area contributed by atoms with E-state index < -0.39 is 4.92 Å². The van der Waals surface area contributed by atoms with Gasteiger partial charge in [-0.3, -0.25) is 14.7 Å². The van der Waals surface area contributed by atoms with Gasteiger partial charge in [-0.15, -0.1) is 0 Å². The van der Waals surface area contributed by atoms with Crippen molar-refractivity contribution in [2.45, 2.75) is 6.92 Å². The quantitative estimate of drug-likeness (QED) is 0.631. The highest BCUT2D eigenvalue weighted by Crippen LogP contribution is 2.22. The SMILES string of the molecule is Cc1ccccc1-n1cnc(Cl)c1C=C[N+](=O)[O-]. The third kappa shape index (κ3) is 2.41.